The molecule has 0 aliphatic carbocycles. The number of likely N-dealkylation sites (tertiary alicyclic amines) is 1. The molecule has 1 aliphatic rings. The minimum Gasteiger partial charge on any atom is -0.494 e. The lowest BCUT2D eigenvalue weighted by Gasteiger charge is -2.22. The largest absolute Gasteiger partial charge is 0.494 e. The van der Waals surface area contributed by atoms with Crippen molar-refractivity contribution in [2.24, 2.45) is 5.73 Å². The van der Waals surface area contributed by atoms with E-state index in [-0.39, 0.29) is 35.7 Å². The Morgan fingerprint density at radius 2 is 1.94 bits per heavy atom. The second kappa shape index (κ2) is 11.3. The van der Waals surface area contributed by atoms with Gasteiger partial charge in [0.15, 0.2) is 0 Å². The maximum atomic E-state index is 12.4. The molecule has 1 unspecified atom stereocenters. The fourth-order valence-corrected chi connectivity index (χ4v) is 4.84. The first kappa shape index (κ1) is 24.7. The average molecular weight is 475 g/mol. The van der Waals surface area contributed by atoms with Crippen LogP contribution in [0.3, 0.4) is 0 Å². The maximum absolute atomic E-state index is 12.4. The highest BCUT2D eigenvalue weighted by Gasteiger charge is 2.28. The molecule has 178 valence electrons. The summed E-state index contributed by atoms with van der Waals surface area (Å²) in [5.41, 5.74) is 7.05. The van der Waals surface area contributed by atoms with Crippen LogP contribution in [0.25, 0.3) is 0 Å². The number of hydrogen-bond donors (Lipinski definition) is 3. The SMILES string of the molecule is CCOc1ccc(S(=O)(=O)NCCC(=O)Nc2cccc(CN3CCCC3C(N)=O)c2)cc1. The Morgan fingerprint density at radius 1 is 1.18 bits per heavy atom. The predicted molar refractivity (Wildman–Crippen MR) is 125 cm³/mol. The second-order valence-corrected chi connectivity index (χ2v) is 9.60. The maximum Gasteiger partial charge on any atom is 0.240 e. The van der Waals surface area contributed by atoms with Crippen LogP contribution in [0.2, 0.25) is 0 Å². The number of carbonyl (C=O) groups excluding carboxylic acids is 2. The Hall–Kier alpha value is -2.95. The van der Waals surface area contributed by atoms with Crippen LogP contribution in [0.4, 0.5) is 5.69 Å². The van der Waals surface area contributed by atoms with Crippen LogP contribution in [-0.2, 0) is 26.2 Å². The summed E-state index contributed by atoms with van der Waals surface area (Å²) in [4.78, 5) is 26.0. The third kappa shape index (κ3) is 7.01. The number of nitrogens with two attached hydrogens (primary N) is 1. The van der Waals surface area contributed by atoms with E-state index in [4.69, 9.17) is 10.5 Å². The number of nitrogens with zero attached hydrogens (tertiary/aromatic N) is 1. The van der Waals surface area contributed by atoms with E-state index in [0.717, 1.165) is 24.9 Å². The third-order valence-electron chi connectivity index (χ3n) is 5.38. The van der Waals surface area contributed by atoms with Crippen LogP contribution >= 0.6 is 0 Å². The number of carbonyl (C=O) groups is 2. The number of benzene rings is 2. The van der Waals surface area contributed by atoms with E-state index < -0.39 is 10.0 Å². The van der Waals surface area contributed by atoms with Crippen molar-refractivity contribution in [2.45, 2.75) is 43.7 Å². The van der Waals surface area contributed by atoms with Crippen LogP contribution in [0, 0.1) is 0 Å². The molecule has 4 N–H and O–H groups in total. The van der Waals surface area contributed by atoms with Gasteiger partial charge in [-0.15, -0.1) is 0 Å². The molecule has 2 aromatic carbocycles. The first-order valence-electron chi connectivity index (χ1n) is 10.9. The number of nitrogens with one attached hydrogen (secondary N) is 2. The van der Waals surface area contributed by atoms with Gasteiger partial charge in [-0.3, -0.25) is 14.5 Å². The zero-order chi connectivity index (χ0) is 23.8. The molecule has 0 radical (unpaired) electrons. The van der Waals surface area contributed by atoms with Crippen molar-refractivity contribution in [2.75, 3.05) is 25.0 Å². The molecule has 1 fully saturated rings. The molecule has 0 bridgehead atoms. The fraction of sp³-hybridized carbons (Fsp3) is 0.391. The summed E-state index contributed by atoms with van der Waals surface area (Å²) >= 11 is 0. The molecule has 0 spiro atoms. The van der Waals surface area contributed by atoms with Gasteiger partial charge in [-0.1, -0.05) is 12.1 Å². The van der Waals surface area contributed by atoms with E-state index in [0.29, 0.717) is 24.6 Å². The molecule has 2 aromatic rings. The average Bonchev–Trinajstić information content (AvgIpc) is 3.23. The predicted octanol–water partition coefficient (Wildman–Crippen LogP) is 1.84. The number of primary amides is 1. The molecule has 1 saturated heterocycles. The fourth-order valence-electron chi connectivity index (χ4n) is 3.81. The molecule has 10 heteroatoms. The minimum atomic E-state index is -3.72. The van der Waals surface area contributed by atoms with E-state index in [1.165, 1.54) is 12.1 Å². The quantitative estimate of drug-likeness (QED) is 0.456. The molecule has 2 amide bonds. The highest BCUT2D eigenvalue weighted by Crippen LogP contribution is 2.21. The number of hydrogen-bond acceptors (Lipinski definition) is 6. The van der Waals surface area contributed by atoms with Crippen molar-refractivity contribution in [3.05, 3.63) is 54.1 Å². The molecular formula is C23H30N4O5S. The van der Waals surface area contributed by atoms with E-state index in [2.05, 4.69) is 10.0 Å². The van der Waals surface area contributed by atoms with Crippen molar-refractivity contribution in [3.63, 3.8) is 0 Å². The van der Waals surface area contributed by atoms with Gasteiger partial charge >= 0.3 is 0 Å². The van der Waals surface area contributed by atoms with Crippen LogP contribution in [0.15, 0.2) is 53.4 Å². The van der Waals surface area contributed by atoms with E-state index in [1.807, 2.05) is 30.0 Å². The molecule has 9 nitrogen and oxygen atoms in total. The summed E-state index contributed by atoms with van der Waals surface area (Å²) in [7, 11) is -3.72. The van der Waals surface area contributed by atoms with Gasteiger partial charge < -0.3 is 15.8 Å². The van der Waals surface area contributed by atoms with Gasteiger partial charge in [0, 0.05) is 25.2 Å². The molecule has 1 heterocycles. The van der Waals surface area contributed by atoms with Crippen LogP contribution in [0.5, 0.6) is 5.75 Å². The number of anilines is 1. The monoisotopic (exact) mass is 474 g/mol. The van der Waals surface area contributed by atoms with Gasteiger partial charge in [-0.25, -0.2) is 13.1 Å². The molecular weight excluding hydrogens is 444 g/mol. The number of ether oxygens (including phenoxy) is 1. The summed E-state index contributed by atoms with van der Waals surface area (Å²) in [5, 5.41) is 2.79. The summed E-state index contributed by atoms with van der Waals surface area (Å²) in [6, 6.07) is 13.2. The van der Waals surface area contributed by atoms with Crippen LogP contribution in [0.1, 0.15) is 31.7 Å². The van der Waals surface area contributed by atoms with Crippen molar-refractivity contribution in [3.8, 4) is 5.75 Å². The van der Waals surface area contributed by atoms with Gasteiger partial charge in [0.2, 0.25) is 21.8 Å². The van der Waals surface area contributed by atoms with E-state index in [1.54, 1.807) is 18.2 Å². The lowest BCUT2D eigenvalue weighted by molar-refractivity contribution is -0.122. The first-order valence-corrected chi connectivity index (χ1v) is 12.4. The van der Waals surface area contributed by atoms with Crippen molar-refractivity contribution in [1.82, 2.24) is 9.62 Å². The highest BCUT2D eigenvalue weighted by molar-refractivity contribution is 7.89. The normalized spacial score (nSPS) is 16.5. The van der Waals surface area contributed by atoms with Crippen LogP contribution < -0.4 is 20.5 Å². The minimum absolute atomic E-state index is 0.0175. The Bertz CT molecular complexity index is 1070. The summed E-state index contributed by atoms with van der Waals surface area (Å²) in [6.07, 6.45) is 1.67. The topological polar surface area (TPSA) is 131 Å². The summed E-state index contributed by atoms with van der Waals surface area (Å²) in [5.74, 6) is -0.0321. The van der Waals surface area contributed by atoms with Crippen molar-refractivity contribution < 1.29 is 22.7 Å². The smallest absolute Gasteiger partial charge is 0.240 e. The van der Waals surface area contributed by atoms with E-state index in [9.17, 15) is 18.0 Å². The molecule has 1 aliphatic heterocycles. The summed E-state index contributed by atoms with van der Waals surface area (Å²) < 4.78 is 32.6. The van der Waals surface area contributed by atoms with Gasteiger partial charge in [0.05, 0.1) is 17.5 Å². The number of sulfonamides is 1. The Morgan fingerprint density at radius 3 is 2.64 bits per heavy atom. The van der Waals surface area contributed by atoms with Crippen LogP contribution in [-0.4, -0.2) is 50.9 Å². The molecule has 0 saturated carbocycles. The van der Waals surface area contributed by atoms with Gasteiger partial charge in [0.25, 0.3) is 0 Å². The van der Waals surface area contributed by atoms with Crippen molar-refractivity contribution >= 4 is 27.5 Å². The molecule has 1 atom stereocenters. The Kier molecular flexibility index (Phi) is 8.43. The summed E-state index contributed by atoms with van der Waals surface area (Å²) in [6.45, 7) is 3.68. The Balaban J connectivity index is 1.49. The third-order valence-corrected chi connectivity index (χ3v) is 6.85. The Labute approximate surface area is 194 Å². The standard InChI is InChI=1S/C23H30N4O5S/c1-2-32-19-8-10-20(11-9-19)33(30,31)25-13-12-22(28)26-18-6-3-5-17(15-18)16-27-14-4-7-21(27)23(24)29/h3,5-6,8-11,15,21,25H,2,4,7,12-14,16H2,1H3,(H2,24,29)(H,26,28). The highest BCUT2D eigenvalue weighted by atomic mass is 32.2. The first-order chi connectivity index (χ1) is 15.8. The van der Waals surface area contributed by atoms with Gasteiger partial charge in [0.1, 0.15) is 5.75 Å². The number of amides is 2. The second-order valence-electron chi connectivity index (χ2n) is 7.83. The van der Waals surface area contributed by atoms with Gasteiger partial charge in [-0.2, -0.15) is 0 Å². The van der Waals surface area contributed by atoms with Gasteiger partial charge in [-0.05, 0) is 68.3 Å². The zero-order valence-corrected chi connectivity index (χ0v) is 19.4. The molecule has 33 heavy (non-hydrogen) atoms. The lowest BCUT2D eigenvalue weighted by atomic mass is 10.1. The zero-order valence-electron chi connectivity index (χ0n) is 18.6. The van der Waals surface area contributed by atoms with E-state index >= 15 is 0 Å². The molecule has 3 rings (SSSR count). The molecule has 0 aromatic heterocycles. The van der Waals surface area contributed by atoms with Crippen molar-refractivity contribution in [1.29, 1.82) is 0 Å². The number of rotatable bonds is 11. The lowest BCUT2D eigenvalue weighted by Crippen LogP contribution is -2.39.